The lowest BCUT2D eigenvalue weighted by Gasteiger charge is -2.12. The largest absolute Gasteiger partial charge is 0.271 e. The summed E-state index contributed by atoms with van der Waals surface area (Å²) in [7, 11) is 0. The number of nitrogens with two attached hydrogens (primary N) is 1. The molecule has 3 N–H and O–H groups in total. The fourth-order valence-electron chi connectivity index (χ4n) is 2.43. The Labute approximate surface area is 97.2 Å². The van der Waals surface area contributed by atoms with Gasteiger partial charge in [0.05, 0.1) is 11.7 Å². The van der Waals surface area contributed by atoms with Crippen LogP contribution in [0.1, 0.15) is 50.8 Å². The first-order chi connectivity index (χ1) is 7.83. The van der Waals surface area contributed by atoms with Gasteiger partial charge in [-0.25, -0.2) is 0 Å². The fraction of sp³-hybridized carbons (Fsp3) is 0.750. The maximum Gasteiger partial charge on any atom is 0.0640 e. The van der Waals surface area contributed by atoms with Gasteiger partial charge in [-0.15, -0.1) is 0 Å². The molecule has 0 aromatic carbocycles. The van der Waals surface area contributed by atoms with E-state index >= 15 is 0 Å². The van der Waals surface area contributed by atoms with Gasteiger partial charge < -0.3 is 0 Å². The molecule has 2 rings (SSSR count). The Morgan fingerprint density at radius 3 is 2.94 bits per heavy atom. The number of hydrogen-bond acceptors (Lipinski definition) is 3. The summed E-state index contributed by atoms with van der Waals surface area (Å²) >= 11 is 0. The molecule has 4 nitrogen and oxygen atoms in total. The number of hydrogen-bond donors (Lipinski definition) is 2. The highest BCUT2D eigenvalue weighted by Crippen LogP contribution is 2.28. The normalized spacial score (nSPS) is 19.1. The molecule has 1 aromatic heterocycles. The minimum Gasteiger partial charge on any atom is -0.271 e. The minimum absolute atomic E-state index is 0.340. The summed E-state index contributed by atoms with van der Waals surface area (Å²) in [6.45, 7) is 2.14. The summed E-state index contributed by atoms with van der Waals surface area (Å²) in [6.07, 6.45) is 9.35. The van der Waals surface area contributed by atoms with Crippen LogP contribution < -0.4 is 11.3 Å². The predicted octanol–water partition coefficient (Wildman–Crippen LogP) is 1.78. The van der Waals surface area contributed by atoms with Gasteiger partial charge in [-0.3, -0.25) is 16.0 Å². The lowest BCUT2D eigenvalue weighted by atomic mass is 10.1. The molecular formula is C12H22N4. The van der Waals surface area contributed by atoms with E-state index in [4.69, 9.17) is 5.84 Å². The predicted molar refractivity (Wildman–Crippen MR) is 64.8 cm³/mol. The van der Waals surface area contributed by atoms with Gasteiger partial charge >= 0.3 is 0 Å². The molecule has 0 aliphatic heterocycles. The van der Waals surface area contributed by atoms with Gasteiger partial charge in [-0.1, -0.05) is 19.8 Å². The van der Waals surface area contributed by atoms with E-state index in [0.717, 1.165) is 18.5 Å². The van der Waals surface area contributed by atoms with E-state index in [1.54, 1.807) is 0 Å². The zero-order valence-corrected chi connectivity index (χ0v) is 10.0. The lowest BCUT2D eigenvalue weighted by Crippen LogP contribution is -2.36. The third-order valence-corrected chi connectivity index (χ3v) is 3.55. The molecule has 90 valence electrons. The Hall–Kier alpha value is -0.870. The quantitative estimate of drug-likeness (QED) is 0.590. The van der Waals surface area contributed by atoms with Crippen molar-refractivity contribution in [2.45, 2.75) is 57.5 Å². The van der Waals surface area contributed by atoms with E-state index in [0.29, 0.717) is 12.1 Å². The smallest absolute Gasteiger partial charge is 0.0640 e. The first kappa shape index (κ1) is 11.6. The van der Waals surface area contributed by atoms with E-state index in [-0.39, 0.29) is 0 Å². The summed E-state index contributed by atoms with van der Waals surface area (Å²) in [6, 6.07) is 3.10. The highest BCUT2D eigenvalue weighted by Gasteiger charge is 2.17. The molecule has 0 saturated heterocycles. The summed E-state index contributed by atoms with van der Waals surface area (Å²) < 4.78 is 2.14. The SMILES string of the molecule is CCC(Cc1ccn(C2CCCC2)n1)NN. The summed E-state index contributed by atoms with van der Waals surface area (Å²) in [5.74, 6) is 5.48. The summed E-state index contributed by atoms with van der Waals surface area (Å²) in [5, 5.41) is 4.65. The van der Waals surface area contributed by atoms with Gasteiger partial charge in [0.1, 0.15) is 0 Å². The topological polar surface area (TPSA) is 55.9 Å². The van der Waals surface area contributed by atoms with Crippen molar-refractivity contribution < 1.29 is 0 Å². The molecule has 1 atom stereocenters. The van der Waals surface area contributed by atoms with Gasteiger partial charge in [-0.2, -0.15) is 5.10 Å². The Kier molecular flexibility index (Phi) is 3.96. The molecule has 0 radical (unpaired) electrons. The molecule has 0 amide bonds. The second kappa shape index (κ2) is 5.46. The van der Waals surface area contributed by atoms with Crippen LogP contribution in [0.25, 0.3) is 0 Å². The third kappa shape index (κ3) is 2.62. The molecular weight excluding hydrogens is 200 g/mol. The zero-order valence-electron chi connectivity index (χ0n) is 10.0. The van der Waals surface area contributed by atoms with E-state index in [1.165, 1.54) is 25.7 Å². The maximum atomic E-state index is 5.48. The number of hydrazine groups is 1. The average Bonchev–Trinajstić information content (AvgIpc) is 2.96. The van der Waals surface area contributed by atoms with Crippen LogP contribution >= 0.6 is 0 Å². The van der Waals surface area contributed by atoms with Crippen LogP contribution in [0.15, 0.2) is 12.3 Å². The summed E-state index contributed by atoms with van der Waals surface area (Å²) in [5.41, 5.74) is 3.98. The van der Waals surface area contributed by atoms with E-state index in [9.17, 15) is 0 Å². The molecule has 4 heteroatoms. The van der Waals surface area contributed by atoms with E-state index < -0.39 is 0 Å². The highest BCUT2D eigenvalue weighted by atomic mass is 15.3. The maximum absolute atomic E-state index is 5.48. The molecule has 1 aliphatic carbocycles. The number of aromatic nitrogens is 2. The van der Waals surface area contributed by atoms with Gasteiger partial charge in [0.25, 0.3) is 0 Å². The second-order valence-electron chi connectivity index (χ2n) is 4.70. The van der Waals surface area contributed by atoms with Crippen molar-refractivity contribution in [1.82, 2.24) is 15.2 Å². The molecule has 1 unspecified atom stereocenters. The van der Waals surface area contributed by atoms with E-state index in [2.05, 4.69) is 34.4 Å². The van der Waals surface area contributed by atoms with Crippen LogP contribution in [0.2, 0.25) is 0 Å². The third-order valence-electron chi connectivity index (χ3n) is 3.55. The average molecular weight is 222 g/mol. The second-order valence-corrected chi connectivity index (χ2v) is 4.70. The van der Waals surface area contributed by atoms with Crippen LogP contribution in [0, 0.1) is 0 Å². The van der Waals surface area contributed by atoms with Crippen LogP contribution in [0.3, 0.4) is 0 Å². The van der Waals surface area contributed by atoms with Crippen LogP contribution in [0.4, 0.5) is 0 Å². The standard InChI is InChI=1S/C12H22N4/c1-2-10(14-13)9-11-7-8-16(15-11)12-5-3-4-6-12/h7-8,10,12,14H,2-6,9,13H2,1H3. The summed E-state index contributed by atoms with van der Waals surface area (Å²) in [4.78, 5) is 0. The Balaban J connectivity index is 1.96. The van der Waals surface area contributed by atoms with Crippen molar-refractivity contribution in [1.29, 1.82) is 0 Å². The molecule has 16 heavy (non-hydrogen) atoms. The number of nitrogens with zero attached hydrogens (tertiary/aromatic N) is 2. The van der Waals surface area contributed by atoms with E-state index in [1.807, 2.05) is 0 Å². The van der Waals surface area contributed by atoms with Gasteiger partial charge in [-0.05, 0) is 25.3 Å². The first-order valence-corrected chi connectivity index (χ1v) is 6.33. The molecule has 1 aliphatic rings. The van der Waals surface area contributed by atoms with Gasteiger partial charge in [0.2, 0.25) is 0 Å². The lowest BCUT2D eigenvalue weighted by molar-refractivity contribution is 0.453. The fourth-order valence-corrected chi connectivity index (χ4v) is 2.43. The Bertz CT molecular complexity index is 311. The minimum atomic E-state index is 0.340. The molecule has 0 spiro atoms. The molecule has 1 fully saturated rings. The highest BCUT2D eigenvalue weighted by molar-refractivity contribution is 5.02. The molecule has 0 bridgehead atoms. The Morgan fingerprint density at radius 1 is 1.56 bits per heavy atom. The number of nitrogens with one attached hydrogen (secondary N) is 1. The van der Waals surface area contributed by atoms with Gasteiger partial charge in [0.15, 0.2) is 0 Å². The number of rotatable bonds is 5. The van der Waals surface area contributed by atoms with Crippen molar-refractivity contribution in [3.05, 3.63) is 18.0 Å². The first-order valence-electron chi connectivity index (χ1n) is 6.33. The Morgan fingerprint density at radius 2 is 2.31 bits per heavy atom. The van der Waals surface area contributed by atoms with Crippen molar-refractivity contribution in [3.63, 3.8) is 0 Å². The zero-order chi connectivity index (χ0) is 11.4. The van der Waals surface area contributed by atoms with Crippen molar-refractivity contribution in [2.75, 3.05) is 0 Å². The molecule has 1 saturated carbocycles. The van der Waals surface area contributed by atoms with Crippen LogP contribution in [-0.2, 0) is 6.42 Å². The van der Waals surface area contributed by atoms with Crippen LogP contribution in [-0.4, -0.2) is 15.8 Å². The van der Waals surface area contributed by atoms with Crippen molar-refractivity contribution in [2.24, 2.45) is 5.84 Å². The molecule has 1 aromatic rings. The van der Waals surface area contributed by atoms with Crippen molar-refractivity contribution in [3.8, 4) is 0 Å². The van der Waals surface area contributed by atoms with Crippen molar-refractivity contribution >= 4 is 0 Å². The van der Waals surface area contributed by atoms with Gasteiger partial charge in [0, 0.05) is 18.7 Å². The van der Waals surface area contributed by atoms with Crippen LogP contribution in [0.5, 0.6) is 0 Å². The monoisotopic (exact) mass is 222 g/mol. The molecule has 1 heterocycles.